The number of hydrogen-bond donors (Lipinski definition) is 2. The lowest BCUT2D eigenvalue weighted by molar-refractivity contribution is -0.143. The highest BCUT2D eigenvalue weighted by Crippen LogP contribution is 2.24. The Morgan fingerprint density at radius 1 is 1.26 bits per heavy atom. The predicted molar refractivity (Wildman–Crippen MR) is 75.4 cm³/mol. The molecule has 2 aliphatic heterocycles. The van der Waals surface area contributed by atoms with Crippen LogP contribution in [-0.4, -0.2) is 52.6 Å². The molecule has 6 heteroatoms. The second kappa shape index (κ2) is 7.03. The van der Waals surface area contributed by atoms with E-state index in [4.69, 9.17) is 5.11 Å². The van der Waals surface area contributed by atoms with E-state index in [2.05, 4.69) is 5.32 Å². The molecule has 2 heterocycles. The van der Waals surface area contributed by atoms with Crippen molar-refractivity contribution < 1.29 is 14.7 Å². The highest BCUT2D eigenvalue weighted by molar-refractivity contribution is 7.99. The lowest BCUT2D eigenvalue weighted by Crippen LogP contribution is -2.48. The van der Waals surface area contributed by atoms with Crippen LogP contribution in [0, 0.1) is 5.92 Å². The number of carboxylic acid groups (broad SMARTS) is 1. The van der Waals surface area contributed by atoms with Gasteiger partial charge in [-0.1, -0.05) is 6.42 Å². The summed E-state index contributed by atoms with van der Waals surface area (Å²) in [5, 5.41) is 12.5. The molecule has 2 rings (SSSR count). The van der Waals surface area contributed by atoms with Crippen LogP contribution in [0.1, 0.15) is 32.1 Å². The number of piperidine rings is 1. The molecule has 0 aromatic rings. The number of carbonyl (C=O) groups excluding carboxylic acids is 1. The first kappa shape index (κ1) is 14.5. The van der Waals surface area contributed by atoms with E-state index in [1.54, 1.807) is 4.90 Å². The van der Waals surface area contributed by atoms with Crippen LogP contribution in [-0.2, 0) is 4.79 Å². The lowest BCUT2D eigenvalue weighted by Gasteiger charge is -2.31. The van der Waals surface area contributed by atoms with Crippen molar-refractivity contribution in [3.63, 3.8) is 0 Å². The lowest BCUT2D eigenvalue weighted by atomic mass is 9.99. The molecule has 2 saturated heterocycles. The molecule has 2 N–H and O–H groups in total. The van der Waals surface area contributed by atoms with Gasteiger partial charge in [-0.2, -0.15) is 11.8 Å². The van der Waals surface area contributed by atoms with Gasteiger partial charge in [0.05, 0.1) is 5.92 Å². The zero-order valence-corrected chi connectivity index (χ0v) is 12.0. The van der Waals surface area contributed by atoms with Gasteiger partial charge in [0.1, 0.15) is 0 Å². The number of amides is 2. The van der Waals surface area contributed by atoms with Crippen molar-refractivity contribution >= 4 is 23.8 Å². The molecule has 2 atom stereocenters. The van der Waals surface area contributed by atoms with Crippen LogP contribution in [0.3, 0.4) is 0 Å². The number of rotatable bonds is 3. The number of nitrogens with one attached hydrogen (secondary N) is 1. The van der Waals surface area contributed by atoms with E-state index in [0.717, 1.165) is 6.42 Å². The summed E-state index contributed by atoms with van der Waals surface area (Å²) in [5.41, 5.74) is 0. The van der Waals surface area contributed by atoms with Gasteiger partial charge < -0.3 is 15.3 Å². The normalized spacial score (nSPS) is 27.9. The van der Waals surface area contributed by atoms with E-state index in [-0.39, 0.29) is 6.03 Å². The molecule has 0 spiro atoms. The summed E-state index contributed by atoms with van der Waals surface area (Å²) in [5.74, 6) is -0.00499. The van der Waals surface area contributed by atoms with Gasteiger partial charge in [0.15, 0.2) is 0 Å². The van der Waals surface area contributed by atoms with Gasteiger partial charge in [-0.3, -0.25) is 4.79 Å². The Labute approximate surface area is 118 Å². The molecule has 2 amide bonds. The van der Waals surface area contributed by atoms with E-state index in [1.165, 1.54) is 25.0 Å². The first-order valence-electron chi connectivity index (χ1n) is 7.04. The monoisotopic (exact) mass is 286 g/mol. The van der Waals surface area contributed by atoms with Gasteiger partial charge in [0.25, 0.3) is 0 Å². The van der Waals surface area contributed by atoms with Gasteiger partial charge in [0, 0.05) is 24.9 Å². The van der Waals surface area contributed by atoms with Crippen LogP contribution in [0.15, 0.2) is 0 Å². The summed E-state index contributed by atoms with van der Waals surface area (Å²) in [7, 11) is 0. The molecule has 0 bridgehead atoms. The molecule has 0 saturated carbocycles. The number of nitrogens with zero attached hydrogens (tertiary/aromatic N) is 1. The molecule has 19 heavy (non-hydrogen) atoms. The van der Waals surface area contributed by atoms with Crippen molar-refractivity contribution in [2.45, 2.75) is 37.4 Å². The summed E-state index contributed by atoms with van der Waals surface area (Å²) in [4.78, 5) is 24.6. The van der Waals surface area contributed by atoms with E-state index < -0.39 is 11.9 Å². The second-order valence-electron chi connectivity index (χ2n) is 5.30. The highest BCUT2D eigenvalue weighted by Gasteiger charge is 2.28. The Morgan fingerprint density at radius 3 is 2.79 bits per heavy atom. The number of aliphatic carboxylic acids is 1. The first-order valence-corrected chi connectivity index (χ1v) is 8.09. The topological polar surface area (TPSA) is 69.6 Å². The van der Waals surface area contributed by atoms with E-state index in [1.807, 2.05) is 11.8 Å². The summed E-state index contributed by atoms with van der Waals surface area (Å²) >= 11 is 1.93. The van der Waals surface area contributed by atoms with E-state index in [9.17, 15) is 9.59 Å². The molecule has 5 nitrogen and oxygen atoms in total. The smallest absolute Gasteiger partial charge is 0.317 e. The predicted octanol–water partition coefficient (Wildman–Crippen LogP) is 1.78. The van der Waals surface area contributed by atoms with E-state index >= 15 is 0 Å². The Hall–Kier alpha value is -0.910. The van der Waals surface area contributed by atoms with Crippen LogP contribution in [0.5, 0.6) is 0 Å². The maximum Gasteiger partial charge on any atom is 0.317 e. The average molecular weight is 286 g/mol. The summed E-state index contributed by atoms with van der Waals surface area (Å²) in [6.45, 7) is 1.73. The third-order valence-electron chi connectivity index (χ3n) is 3.81. The molecular formula is C13H22N2O3S. The Kier molecular flexibility index (Phi) is 5.36. The number of hydrogen-bond acceptors (Lipinski definition) is 3. The summed E-state index contributed by atoms with van der Waals surface area (Å²) < 4.78 is 0. The molecule has 2 fully saturated rings. The Morgan fingerprint density at radius 2 is 2.11 bits per heavy atom. The van der Waals surface area contributed by atoms with Gasteiger partial charge in [-0.05, 0) is 31.4 Å². The molecular weight excluding hydrogens is 264 g/mol. The number of carboxylic acids is 1. The maximum atomic E-state index is 12.0. The summed E-state index contributed by atoms with van der Waals surface area (Å²) in [6.07, 6.45) is 5.16. The van der Waals surface area contributed by atoms with Gasteiger partial charge in [-0.25, -0.2) is 4.79 Å². The molecule has 2 aliphatic rings. The SMILES string of the molecule is O=C(O)[C@H]1CCCN(C(=O)NCC2CCCCS2)C1. The Bertz CT molecular complexity index is 332. The zero-order chi connectivity index (χ0) is 13.7. The highest BCUT2D eigenvalue weighted by atomic mass is 32.2. The Balaban J connectivity index is 1.74. The minimum atomic E-state index is -0.791. The van der Waals surface area contributed by atoms with Crippen molar-refractivity contribution in [1.82, 2.24) is 10.2 Å². The summed E-state index contributed by atoms with van der Waals surface area (Å²) in [6, 6.07) is -0.0999. The number of urea groups is 1. The third kappa shape index (κ3) is 4.30. The molecule has 0 aromatic heterocycles. The number of thioether (sulfide) groups is 1. The van der Waals surface area contributed by atoms with Gasteiger partial charge in [-0.15, -0.1) is 0 Å². The van der Waals surface area contributed by atoms with Gasteiger partial charge in [0.2, 0.25) is 0 Å². The van der Waals surface area contributed by atoms with E-state index in [0.29, 0.717) is 31.3 Å². The molecule has 0 radical (unpaired) electrons. The van der Waals surface area contributed by atoms with Crippen molar-refractivity contribution in [2.24, 2.45) is 5.92 Å². The number of likely N-dealkylation sites (tertiary alicyclic amines) is 1. The fourth-order valence-electron chi connectivity index (χ4n) is 2.64. The standard InChI is InChI=1S/C13H22N2O3S/c16-12(17)10-4-3-6-15(9-10)13(18)14-8-11-5-1-2-7-19-11/h10-11H,1-9H2,(H,14,18)(H,16,17)/t10-,11?/m0/s1. The molecule has 108 valence electrons. The van der Waals surface area contributed by atoms with Crippen molar-refractivity contribution in [1.29, 1.82) is 0 Å². The van der Waals surface area contributed by atoms with Crippen LogP contribution >= 0.6 is 11.8 Å². The third-order valence-corrected chi connectivity index (χ3v) is 5.21. The maximum absolute atomic E-state index is 12.0. The molecule has 1 unspecified atom stereocenters. The van der Waals surface area contributed by atoms with Gasteiger partial charge >= 0.3 is 12.0 Å². The second-order valence-corrected chi connectivity index (χ2v) is 6.71. The minimum Gasteiger partial charge on any atom is -0.481 e. The minimum absolute atomic E-state index is 0.0999. The first-order chi connectivity index (χ1) is 9.16. The average Bonchev–Trinajstić information content (AvgIpc) is 2.46. The van der Waals surface area contributed by atoms with Crippen LogP contribution in [0.25, 0.3) is 0 Å². The molecule has 0 aromatic carbocycles. The fraction of sp³-hybridized carbons (Fsp3) is 0.846. The molecule has 0 aliphatic carbocycles. The fourth-order valence-corrected chi connectivity index (χ4v) is 3.88. The zero-order valence-electron chi connectivity index (χ0n) is 11.1. The van der Waals surface area contributed by atoms with Crippen molar-refractivity contribution in [3.05, 3.63) is 0 Å². The quantitative estimate of drug-likeness (QED) is 0.829. The van der Waals surface area contributed by atoms with Crippen LogP contribution < -0.4 is 5.32 Å². The van der Waals surface area contributed by atoms with Crippen molar-refractivity contribution in [2.75, 3.05) is 25.4 Å². The van der Waals surface area contributed by atoms with Crippen molar-refractivity contribution in [3.8, 4) is 0 Å². The van der Waals surface area contributed by atoms with Crippen LogP contribution in [0.4, 0.5) is 4.79 Å². The van der Waals surface area contributed by atoms with Crippen LogP contribution in [0.2, 0.25) is 0 Å². The number of carbonyl (C=O) groups is 2. The largest absolute Gasteiger partial charge is 0.481 e.